The average molecular weight is 317 g/mol. The van der Waals surface area contributed by atoms with Crippen LogP contribution in [0.25, 0.3) is 0 Å². The Morgan fingerprint density at radius 3 is 2.70 bits per heavy atom. The number of aliphatic hydroxyl groups excluding tert-OH is 1. The number of nitrogens with zero attached hydrogens (tertiary/aromatic N) is 1. The second-order valence-corrected chi connectivity index (χ2v) is 5.45. The first-order chi connectivity index (χ1) is 11.0. The van der Waals surface area contributed by atoms with Gasteiger partial charge in [-0.05, 0) is 32.0 Å². The van der Waals surface area contributed by atoms with E-state index in [0.29, 0.717) is 11.4 Å². The Bertz CT molecular complexity index is 676. The van der Waals surface area contributed by atoms with Crippen LogP contribution in [0.2, 0.25) is 0 Å². The second-order valence-electron chi connectivity index (χ2n) is 5.45. The maximum atomic E-state index is 13.6. The molecule has 0 spiro atoms. The number of aromatic nitrogens is 1. The van der Waals surface area contributed by atoms with E-state index in [1.165, 1.54) is 12.1 Å². The Hall–Kier alpha value is -2.47. The third-order valence-corrected chi connectivity index (χ3v) is 3.20. The maximum Gasteiger partial charge on any atom is 0.255 e. The average Bonchev–Trinajstić information content (AvgIpc) is 2.52. The van der Waals surface area contributed by atoms with Crippen molar-refractivity contribution in [1.29, 1.82) is 0 Å². The third kappa shape index (κ3) is 4.50. The van der Waals surface area contributed by atoms with Crippen molar-refractivity contribution in [2.75, 3.05) is 11.9 Å². The van der Waals surface area contributed by atoms with Crippen LogP contribution < -0.4 is 10.6 Å². The van der Waals surface area contributed by atoms with Gasteiger partial charge in [0.1, 0.15) is 11.6 Å². The smallest absolute Gasteiger partial charge is 0.255 e. The number of anilines is 1. The Morgan fingerprint density at radius 2 is 2.00 bits per heavy atom. The number of aliphatic hydroxyl groups is 1. The topological polar surface area (TPSA) is 74.2 Å². The molecule has 0 bridgehead atoms. The van der Waals surface area contributed by atoms with E-state index in [9.17, 15) is 14.3 Å². The molecule has 3 N–H and O–H groups in total. The monoisotopic (exact) mass is 317 g/mol. The number of rotatable bonds is 6. The van der Waals surface area contributed by atoms with Gasteiger partial charge < -0.3 is 15.7 Å². The molecule has 0 aliphatic rings. The van der Waals surface area contributed by atoms with Crippen molar-refractivity contribution < 1.29 is 14.3 Å². The van der Waals surface area contributed by atoms with Crippen LogP contribution in [0, 0.1) is 5.82 Å². The number of amides is 1. The number of nitrogens with one attached hydrogen (secondary N) is 2. The summed E-state index contributed by atoms with van der Waals surface area (Å²) in [5.74, 6) is -0.408. The Morgan fingerprint density at radius 1 is 1.26 bits per heavy atom. The van der Waals surface area contributed by atoms with Crippen LogP contribution in [0.1, 0.15) is 35.9 Å². The molecule has 1 amide bonds. The predicted octanol–water partition coefficient (Wildman–Crippen LogP) is 2.50. The third-order valence-electron chi connectivity index (χ3n) is 3.20. The highest BCUT2D eigenvalue weighted by Crippen LogP contribution is 2.17. The van der Waals surface area contributed by atoms with Gasteiger partial charge in [-0.25, -0.2) is 9.37 Å². The van der Waals surface area contributed by atoms with Crippen molar-refractivity contribution in [1.82, 2.24) is 10.3 Å². The summed E-state index contributed by atoms with van der Waals surface area (Å²) in [6.45, 7) is 3.80. The lowest BCUT2D eigenvalue weighted by atomic mass is 10.1. The van der Waals surface area contributed by atoms with Gasteiger partial charge in [0.2, 0.25) is 0 Å². The van der Waals surface area contributed by atoms with Gasteiger partial charge in [0.15, 0.2) is 0 Å². The van der Waals surface area contributed by atoms with Crippen molar-refractivity contribution >= 4 is 11.7 Å². The van der Waals surface area contributed by atoms with E-state index in [2.05, 4.69) is 15.6 Å². The van der Waals surface area contributed by atoms with E-state index >= 15 is 0 Å². The molecule has 0 aliphatic carbocycles. The number of carbonyl (C=O) groups is 1. The van der Waals surface area contributed by atoms with Crippen LogP contribution in [0.5, 0.6) is 0 Å². The summed E-state index contributed by atoms with van der Waals surface area (Å²) in [7, 11) is 0. The van der Waals surface area contributed by atoms with Gasteiger partial charge in [-0.15, -0.1) is 0 Å². The van der Waals surface area contributed by atoms with Crippen LogP contribution in [0.4, 0.5) is 10.2 Å². The molecule has 0 aliphatic heterocycles. The van der Waals surface area contributed by atoms with Crippen molar-refractivity contribution in [3.05, 3.63) is 59.5 Å². The zero-order chi connectivity index (χ0) is 16.8. The molecule has 0 saturated carbocycles. The summed E-state index contributed by atoms with van der Waals surface area (Å²) in [4.78, 5) is 16.4. The molecule has 23 heavy (non-hydrogen) atoms. The quantitative estimate of drug-likeness (QED) is 0.765. The van der Waals surface area contributed by atoms with E-state index in [1.807, 2.05) is 13.8 Å². The highest BCUT2D eigenvalue weighted by Gasteiger charge is 2.16. The first-order valence-corrected chi connectivity index (χ1v) is 7.41. The molecule has 1 heterocycles. The number of benzene rings is 1. The van der Waals surface area contributed by atoms with Crippen LogP contribution in [0.15, 0.2) is 42.6 Å². The maximum absolute atomic E-state index is 13.6. The lowest BCUT2D eigenvalue weighted by Crippen LogP contribution is -2.30. The van der Waals surface area contributed by atoms with Crippen molar-refractivity contribution in [3.63, 3.8) is 0 Å². The first-order valence-electron chi connectivity index (χ1n) is 7.41. The van der Waals surface area contributed by atoms with Gasteiger partial charge in [-0.2, -0.15) is 0 Å². The van der Waals surface area contributed by atoms with E-state index in [4.69, 9.17) is 0 Å². The highest BCUT2D eigenvalue weighted by molar-refractivity contribution is 5.98. The zero-order valence-corrected chi connectivity index (χ0v) is 13.1. The zero-order valence-electron chi connectivity index (χ0n) is 13.1. The molecule has 1 aromatic heterocycles. The van der Waals surface area contributed by atoms with Gasteiger partial charge in [0, 0.05) is 24.3 Å². The Kier molecular flexibility index (Phi) is 5.65. The fourth-order valence-electron chi connectivity index (χ4n) is 2.12. The molecule has 122 valence electrons. The second kappa shape index (κ2) is 7.69. The minimum Gasteiger partial charge on any atom is -0.386 e. The molecule has 5 nitrogen and oxygen atoms in total. The lowest BCUT2D eigenvalue weighted by molar-refractivity contribution is 0.0914. The largest absolute Gasteiger partial charge is 0.386 e. The van der Waals surface area contributed by atoms with Gasteiger partial charge in [-0.3, -0.25) is 4.79 Å². The molecule has 2 rings (SSSR count). The minimum atomic E-state index is -1.11. The van der Waals surface area contributed by atoms with E-state index in [0.717, 1.165) is 0 Å². The molecule has 1 unspecified atom stereocenters. The number of halogens is 1. The van der Waals surface area contributed by atoms with Crippen LogP contribution in [0.3, 0.4) is 0 Å². The standard InChI is InChI=1S/C17H20FN3O2/c1-11(2)21-16-13(7-5-9-19-16)17(23)20-10-15(22)12-6-3-4-8-14(12)18/h3-9,11,15,22H,10H2,1-2H3,(H,19,21)(H,20,23). The summed E-state index contributed by atoms with van der Waals surface area (Å²) < 4.78 is 13.6. The molecular formula is C17H20FN3O2. The van der Waals surface area contributed by atoms with Crippen molar-refractivity contribution in [2.45, 2.75) is 26.0 Å². The fourth-order valence-corrected chi connectivity index (χ4v) is 2.12. The summed E-state index contributed by atoms with van der Waals surface area (Å²) >= 11 is 0. The SMILES string of the molecule is CC(C)Nc1ncccc1C(=O)NCC(O)c1ccccc1F. The molecular weight excluding hydrogens is 297 g/mol. The summed E-state index contributed by atoms with van der Waals surface area (Å²) in [5, 5.41) is 15.7. The van der Waals surface area contributed by atoms with E-state index < -0.39 is 11.9 Å². The fraction of sp³-hybridized carbons (Fsp3) is 0.294. The molecule has 1 aromatic carbocycles. The predicted molar refractivity (Wildman–Crippen MR) is 86.7 cm³/mol. The Balaban J connectivity index is 2.04. The van der Waals surface area contributed by atoms with E-state index in [-0.39, 0.29) is 24.1 Å². The first kappa shape index (κ1) is 16.9. The lowest BCUT2D eigenvalue weighted by Gasteiger charge is -2.15. The minimum absolute atomic E-state index is 0.0875. The number of pyridine rings is 1. The van der Waals surface area contributed by atoms with Crippen molar-refractivity contribution in [3.8, 4) is 0 Å². The normalized spacial score (nSPS) is 12.0. The number of hydrogen-bond donors (Lipinski definition) is 3. The molecule has 6 heteroatoms. The highest BCUT2D eigenvalue weighted by atomic mass is 19.1. The summed E-state index contributed by atoms with van der Waals surface area (Å²) in [6, 6.07) is 9.36. The number of carbonyl (C=O) groups excluding carboxylic acids is 1. The summed E-state index contributed by atoms with van der Waals surface area (Å²) in [6.07, 6.45) is 0.480. The van der Waals surface area contributed by atoms with Crippen LogP contribution in [-0.2, 0) is 0 Å². The molecule has 0 fully saturated rings. The van der Waals surface area contributed by atoms with Crippen molar-refractivity contribution in [2.24, 2.45) is 0 Å². The molecule has 0 radical (unpaired) electrons. The molecule has 1 atom stereocenters. The number of hydrogen-bond acceptors (Lipinski definition) is 4. The van der Waals surface area contributed by atoms with Crippen LogP contribution >= 0.6 is 0 Å². The molecule has 0 saturated heterocycles. The van der Waals surface area contributed by atoms with Gasteiger partial charge >= 0.3 is 0 Å². The van der Waals surface area contributed by atoms with Gasteiger partial charge in [-0.1, -0.05) is 18.2 Å². The van der Waals surface area contributed by atoms with Crippen LogP contribution in [-0.4, -0.2) is 28.6 Å². The molecule has 2 aromatic rings. The van der Waals surface area contributed by atoms with Gasteiger partial charge in [0.25, 0.3) is 5.91 Å². The Labute approximate surface area is 134 Å². The summed E-state index contributed by atoms with van der Waals surface area (Å²) in [5.41, 5.74) is 0.529. The van der Waals surface area contributed by atoms with E-state index in [1.54, 1.807) is 30.5 Å². The van der Waals surface area contributed by atoms with Gasteiger partial charge in [0.05, 0.1) is 11.7 Å².